The average Bonchev–Trinajstić information content (AvgIpc) is 2.00. The summed E-state index contributed by atoms with van der Waals surface area (Å²) in [6.07, 6.45) is -6.07. The fourth-order valence-corrected chi connectivity index (χ4v) is 0.362. The van der Waals surface area contributed by atoms with E-state index in [9.17, 15) is 18.0 Å². The predicted molar refractivity (Wildman–Crippen MR) is 33.6 cm³/mol. The molecule has 0 bridgehead atoms. The van der Waals surface area contributed by atoms with Crippen molar-refractivity contribution in [3.63, 3.8) is 0 Å². The van der Waals surface area contributed by atoms with Crippen molar-refractivity contribution in [2.75, 3.05) is 13.2 Å². The number of halogens is 3. The van der Waals surface area contributed by atoms with Crippen molar-refractivity contribution in [2.24, 2.45) is 0 Å². The van der Waals surface area contributed by atoms with Gasteiger partial charge in [-0.2, -0.15) is 18.4 Å². The molecule has 0 N–H and O–H groups in total. The van der Waals surface area contributed by atoms with Crippen LogP contribution >= 0.6 is 0 Å². The Hall–Kier alpha value is -1.45. The number of ether oxygens (including phenoxy) is 2. The van der Waals surface area contributed by atoms with Crippen LogP contribution in [0.2, 0.25) is 0 Å². The van der Waals surface area contributed by atoms with Crippen molar-refractivity contribution in [2.45, 2.75) is 12.6 Å². The molecule has 0 fully saturated rings. The van der Waals surface area contributed by atoms with Gasteiger partial charge in [0.15, 0.2) is 6.61 Å². The van der Waals surface area contributed by atoms with Crippen molar-refractivity contribution >= 4 is 6.16 Å². The number of hydrogen-bond acceptors (Lipinski definition) is 4. The summed E-state index contributed by atoms with van der Waals surface area (Å²) in [6, 6.07) is 1.64. The summed E-state index contributed by atoms with van der Waals surface area (Å²) in [4.78, 5) is 10.3. The quantitative estimate of drug-likeness (QED) is 0.509. The fourth-order valence-electron chi connectivity index (χ4n) is 0.362. The topological polar surface area (TPSA) is 59.3 Å². The maximum absolute atomic E-state index is 11.4. The van der Waals surface area contributed by atoms with Crippen molar-refractivity contribution in [3.8, 4) is 6.07 Å². The fraction of sp³-hybridized carbons (Fsp3) is 0.667. The van der Waals surface area contributed by atoms with Crippen LogP contribution in [0.15, 0.2) is 0 Å². The number of nitrogens with zero attached hydrogens (tertiary/aromatic N) is 1. The van der Waals surface area contributed by atoms with Crippen molar-refractivity contribution in [1.82, 2.24) is 0 Å². The molecule has 0 rings (SSSR count). The van der Waals surface area contributed by atoms with E-state index in [2.05, 4.69) is 9.47 Å². The van der Waals surface area contributed by atoms with Gasteiger partial charge in [0, 0.05) is 0 Å². The van der Waals surface area contributed by atoms with E-state index in [-0.39, 0.29) is 13.0 Å². The first-order chi connectivity index (χ1) is 5.95. The maximum Gasteiger partial charge on any atom is 0.508 e. The van der Waals surface area contributed by atoms with E-state index in [0.29, 0.717) is 0 Å². The van der Waals surface area contributed by atoms with Crippen LogP contribution in [-0.4, -0.2) is 25.5 Å². The molecule has 0 heterocycles. The Kier molecular flexibility index (Phi) is 4.66. The highest BCUT2D eigenvalue weighted by molar-refractivity contribution is 5.59. The summed E-state index contributed by atoms with van der Waals surface area (Å²) in [5, 5.41) is 7.98. The van der Waals surface area contributed by atoms with Gasteiger partial charge in [0.1, 0.15) is 6.61 Å². The first-order valence-electron chi connectivity index (χ1n) is 3.19. The zero-order valence-electron chi connectivity index (χ0n) is 6.43. The molecular weight excluding hydrogens is 191 g/mol. The maximum atomic E-state index is 11.4. The second kappa shape index (κ2) is 5.24. The predicted octanol–water partition coefficient (Wildman–Crippen LogP) is 1.62. The van der Waals surface area contributed by atoms with E-state index < -0.39 is 18.9 Å². The molecule has 7 heteroatoms. The van der Waals surface area contributed by atoms with Crippen LogP contribution in [0.5, 0.6) is 0 Å². The Bertz CT molecular complexity index is 208. The largest absolute Gasteiger partial charge is 0.508 e. The lowest BCUT2D eigenvalue weighted by Gasteiger charge is -2.06. The zero-order valence-corrected chi connectivity index (χ0v) is 6.43. The summed E-state index contributed by atoms with van der Waals surface area (Å²) >= 11 is 0. The van der Waals surface area contributed by atoms with Gasteiger partial charge in [-0.05, 0) is 0 Å². The third kappa shape index (κ3) is 8.46. The van der Waals surface area contributed by atoms with Gasteiger partial charge < -0.3 is 9.47 Å². The SMILES string of the molecule is N#CCCOC(=O)OCC(F)(F)F. The molecule has 0 amide bonds. The number of rotatable bonds is 3. The summed E-state index contributed by atoms with van der Waals surface area (Å²) < 4.78 is 42.0. The van der Waals surface area contributed by atoms with E-state index in [1.165, 1.54) is 0 Å². The minimum atomic E-state index is -4.56. The molecule has 0 aliphatic rings. The van der Waals surface area contributed by atoms with E-state index >= 15 is 0 Å². The molecule has 0 aliphatic heterocycles. The van der Waals surface area contributed by atoms with Gasteiger partial charge >= 0.3 is 12.3 Å². The van der Waals surface area contributed by atoms with Crippen molar-refractivity contribution in [1.29, 1.82) is 5.26 Å². The molecule has 0 aliphatic carbocycles. The van der Waals surface area contributed by atoms with Crippen LogP contribution in [0, 0.1) is 11.3 Å². The summed E-state index contributed by atoms with van der Waals surface area (Å²) in [6.45, 7) is -1.95. The molecule has 13 heavy (non-hydrogen) atoms. The minimum Gasteiger partial charge on any atom is -0.433 e. The Balaban J connectivity index is 3.48. The second-order valence-corrected chi connectivity index (χ2v) is 1.91. The Labute approximate surface area is 71.8 Å². The molecule has 0 saturated carbocycles. The van der Waals surface area contributed by atoms with E-state index in [1.54, 1.807) is 6.07 Å². The number of carbonyl (C=O) groups is 1. The second-order valence-electron chi connectivity index (χ2n) is 1.91. The number of carbonyl (C=O) groups excluding carboxylic acids is 1. The first-order valence-corrected chi connectivity index (χ1v) is 3.19. The van der Waals surface area contributed by atoms with Gasteiger partial charge in [-0.15, -0.1) is 0 Å². The van der Waals surface area contributed by atoms with E-state index in [1.807, 2.05) is 0 Å². The smallest absolute Gasteiger partial charge is 0.433 e. The molecule has 4 nitrogen and oxygen atoms in total. The van der Waals surface area contributed by atoms with Gasteiger partial charge in [0.25, 0.3) is 0 Å². The Morgan fingerprint density at radius 1 is 1.38 bits per heavy atom. The van der Waals surface area contributed by atoms with Gasteiger partial charge in [-0.1, -0.05) is 0 Å². The lowest BCUT2D eigenvalue weighted by Crippen LogP contribution is -2.21. The molecule has 0 aromatic heterocycles. The molecular formula is C6H6F3NO3. The standard InChI is InChI=1S/C6H6F3NO3/c7-6(8,9)4-13-5(11)12-3-1-2-10/h1,3-4H2. The molecule has 0 atom stereocenters. The number of alkyl halides is 3. The number of hydrogen-bond donors (Lipinski definition) is 0. The first kappa shape index (κ1) is 11.6. The Morgan fingerprint density at radius 2 is 2.00 bits per heavy atom. The lowest BCUT2D eigenvalue weighted by molar-refractivity contribution is -0.165. The van der Waals surface area contributed by atoms with Crippen LogP contribution in [0.1, 0.15) is 6.42 Å². The molecule has 0 saturated heterocycles. The highest BCUT2D eigenvalue weighted by Crippen LogP contribution is 2.14. The van der Waals surface area contributed by atoms with Crippen LogP contribution in [0.4, 0.5) is 18.0 Å². The van der Waals surface area contributed by atoms with Gasteiger partial charge in [0.05, 0.1) is 12.5 Å². The third-order valence-corrected chi connectivity index (χ3v) is 0.787. The summed E-state index contributed by atoms with van der Waals surface area (Å²) in [5.41, 5.74) is 0. The molecule has 0 unspecified atom stereocenters. The monoisotopic (exact) mass is 197 g/mol. The average molecular weight is 197 g/mol. The van der Waals surface area contributed by atoms with Crippen molar-refractivity contribution < 1.29 is 27.4 Å². The van der Waals surface area contributed by atoms with Crippen LogP contribution < -0.4 is 0 Å². The highest BCUT2D eigenvalue weighted by atomic mass is 19.4. The zero-order chi connectivity index (χ0) is 10.3. The summed E-state index contributed by atoms with van der Waals surface area (Å²) in [5.74, 6) is 0. The number of nitriles is 1. The minimum absolute atomic E-state index is 0.0822. The van der Waals surface area contributed by atoms with Crippen LogP contribution in [-0.2, 0) is 9.47 Å². The molecule has 0 radical (unpaired) electrons. The normalized spacial score (nSPS) is 10.3. The molecule has 0 aromatic rings. The molecule has 0 aromatic carbocycles. The van der Waals surface area contributed by atoms with Crippen LogP contribution in [0.25, 0.3) is 0 Å². The van der Waals surface area contributed by atoms with E-state index in [4.69, 9.17) is 5.26 Å². The Morgan fingerprint density at radius 3 is 2.46 bits per heavy atom. The van der Waals surface area contributed by atoms with Gasteiger partial charge in [-0.3, -0.25) is 0 Å². The third-order valence-electron chi connectivity index (χ3n) is 0.787. The van der Waals surface area contributed by atoms with Gasteiger partial charge in [0.2, 0.25) is 0 Å². The highest BCUT2D eigenvalue weighted by Gasteiger charge is 2.29. The molecule has 0 spiro atoms. The van der Waals surface area contributed by atoms with E-state index in [0.717, 1.165) is 0 Å². The van der Waals surface area contributed by atoms with Gasteiger partial charge in [-0.25, -0.2) is 4.79 Å². The van der Waals surface area contributed by atoms with Crippen molar-refractivity contribution in [3.05, 3.63) is 0 Å². The van der Waals surface area contributed by atoms with Crippen LogP contribution in [0.3, 0.4) is 0 Å². The molecule has 74 valence electrons. The summed E-state index contributed by atoms with van der Waals surface area (Å²) in [7, 11) is 0. The lowest BCUT2D eigenvalue weighted by atomic mass is 10.5.